The summed E-state index contributed by atoms with van der Waals surface area (Å²) >= 11 is 0. The molecular formula is C17H18O4. The van der Waals surface area contributed by atoms with Crippen LogP contribution in [0.2, 0.25) is 0 Å². The van der Waals surface area contributed by atoms with Crippen molar-refractivity contribution < 1.29 is 19.4 Å². The molecule has 1 N–H and O–H groups in total. The van der Waals surface area contributed by atoms with Gasteiger partial charge in [-0.25, -0.2) is 0 Å². The van der Waals surface area contributed by atoms with Crippen molar-refractivity contribution >= 4 is 5.97 Å². The molecule has 0 aliphatic carbocycles. The number of hydrogen-bond donors (Lipinski definition) is 1. The third-order valence-electron chi connectivity index (χ3n) is 3.01. The van der Waals surface area contributed by atoms with Crippen LogP contribution in [-0.2, 0) is 22.7 Å². The van der Waals surface area contributed by atoms with Crippen molar-refractivity contribution in [1.29, 1.82) is 0 Å². The molecule has 0 amide bonds. The fourth-order valence-electron chi connectivity index (χ4n) is 1.82. The van der Waals surface area contributed by atoms with E-state index in [4.69, 9.17) is 9.47 Å². The highest BCUT2D eigenvalue weighted by atomic mass is 16.5. The fraction of sp³-hybridized carbons (Fsp3) is 0.235. The quantitative estimate of drug-likeness (QED) is 0.827. The molecule has 0 spiro atoms. The molecule has 4 heteroatoms. The summed E-state index contributed by atoms with van der Waals surface area (Å²) in [4.78, 5) is 11.2. The minimum absolute atomic E-state index is 0.00344. The lowest BCUT2D eigenvalue weighted by Gasteiger charge is -2.13. The second-order valence-electron chi connectivity index (χ2n) is 4.54. The second kappa shape index (κ2) is 7.33. The Kier molecular flexibility index (Phi) is 5.21. The van der Waals surface area contributed by atoms with Crippen LogP contribution < -0.4 is 4.74 Å². The van der Waals surface area contributed by atoms with Crippen molar-refractivity contribution in [2.45, 2.75) is 26.6 Å². The Morgan fingerprint density at radius 3 is 2.52 bits per heavy atom. The summed E-state index contributed by atoms with van der Waals surface area (Å²) in [5.74, 6) is 0.263. The molecule has 0 radical (unpaired) electrons. The summed E-state index contributed by atoms with van der Waals surface area (Å²) in [6.07, 6.45) is 0.299. The molecule has 4 nitrogen and oxygen atoms in total. The summed E-state index contributed by atoms with van der Waals surface area (Å²) in [7, 11) is 0. The molecule has 0 unspecified atom stereocenters. The topological polar surface area (TPSA) is 55.8 Å². The SMILES string of the molecule is CCC(=O)OCc1c(O)cccc1OCc1ccccc1. The van der Waals surface area contributed by atoms with Crippen LogP contribution in [0.4, 0.5) is 0 Å². The third kappa shape index (κ3) is 4.24. The third-order valence-corrected chi connectivity index (χ3v) is 3.01. The smallest absolute Gasteiger partial charge is 0.305 e. The molecule has 0 aromatic heterocycles. The highest BCUT2D eigenvalue weighted by Gasteiger charge is 2.11. The first-order valence-corrected chi connectivity index (χ1v) is 6.84. The van der Waals surface area contributed by atoms with Crippen molar-refractivity contribution in [3.05, 3.63) is 59.7 Å². The monoisotopic (exact) mass is 286 g/mol. The first kappa shape index (κ1) is 14.9. The Morgan fingerprint density at radius 1 is 1.05 bits per heavy atom. The van der Waals surface area contributed by atoms with Crippen molar-refractivity contribution in [3.63, 3.8) is 0 Å². The zero-order valence-corrected chi connectivity index (χ0v) is 11.9. The van der Waals surface area contributed by atoms with Crippen molar-refractivity contribution in [1.82, 2.24) is 0 Å². The molecule has 0 saturated heterocycles. The molecule has 2 rings (SSSR count). The van der Waals surface area contributed by atoms with Crippen LogP contribution in [0.15, 0.2) is 48.5 Å². The molecule has 0 bridgehead atoms. The fourth-order valence-corrected chi connectivity index (χ4v) is 1.82. The summed E-state index contributed by atoms with van der Waals surface area (Å²) in [6.45, 7) is 2.11. The van der Waals surface area contributed by atoms with Crippen LogP contribution in [-0.4, -0.2) is 11.1 Å². The molecule has 0 aliphatic rings. The van der Waals surface area contributed by atoms with Crippen molar-refractivity contribution in [2.75, 3.05) is 0 Å². The van der Waals surface area contributed by atoms with Crippen LogP contribution in [0.3, 0.4) is 0 Å². The van der Waals surface area contributed by atoms with Gasteiger partial charge in [0, 0.05) is 6.42 Å². The number of benzene rings is 2. The molecular weight excluding hydrogens is 268 g/mol. The summed E-state index contributed by atoms with van der Waals surface area (Å²) in [5, 5.41) is 9.90. The first-order chi connectivity index (χ1) is 10.2. The lowest BCUT2D eigenvalue weighted by Crippen LogP contribution is -2.05. The van der Waals surface area contributed by atoms with E-state index in [1.54, 1.807) is 25.1 Å². The van der Waals surface area contributed by atoms with E-state index in [0.717, 1.165) is 5.56 Å². The predicted octanol–water partition coefficient (Wildman–Crippen LogP) is 3.42. The Labute approximate surface area is 123 Å². The highest BCUT2D eigenvalue weighted by Crippen LogP contribution is 2.29. The summed E-state index contributed by atoms with van der Waals surface area (Å²) < 4.78 is 10.8. The summed E-state index contributed by atoms with van der Waals surface area (Å²) in [5.41, 5.74) is 1.51. The minimum Gasteiger partial charge on any atom is -0.507 e. The van der Waals surface area contributed by atoms with Gasteiger partial charge in [0.25, 0.3) is 0 Å². The molecule has 0 fully saturated rings. The standard InChI is InChI=1S/C17H18O4/c1-2-17(19)21-12-14-15(18)9-6-10-16(14)20-11-13-7-4-3-5-8-13/h3-10,18H,2,11-12H2,1H3. The van der Waals surface area contributed by atoms with E-state index in [9.17, 15) is 9.90 Å². The van der Waals surface area contributed by atoms with E-state index >= 15 is 0 Å². The minimum atomic E-state index is -0.313. The van der Waals surface area contributed by atoms with Crippen LogP contribution in [0, 0.1) is 0 Å². The number of phenols is 1. The second-order valence-corrected chi connectivity index (χ2v) is 4.54. The molecule has 2 aromatic rings. The molecule has 2 aromatic carbocycles. The van der Waals surface area contributed by atoms with Gasteiger partial charge in [-0.2, -0.15) is 0 Å². The number of phenolic OH excluding ortho intramolecular Hbond substituents is 1. The zero-order chi connectivity index (χ0) is 15.1. The average molecular weight is 286 g/mol. The highest BCUT2D eigenvalue weighted by molar-refractivity contribution is 5.69. The van der Waals surface area contributed by atoms with Crippen LogP contribution >= 0.6 is 0 Å². The van der Waals surface area contributed by atoms with Crippen LogP contribution in [0.5, 0.6) is 11.5 Å². The average Bonchev–Trinajstić information content (AvgIpc) is 2.52. The van der Waals surface area contributed by atoms with E-state index in [0.29, 0.717) is 24.3 Å². The van der Waals surface area contributed by atoms with Gasteiger partial charge in [-0.05, 0) is 17.7 Å². The van der Waals surface area contributed by atoms with Gasteiger partial charge in [0.1, 0.15) is 24.7 Å². The van der Waals surface area contributed by atoms with Gasteiger partial charge in [0.2, 0.25) is 0 Å². The lowest BCUT2D eigenvalue weighted by atomic mass is 10.2. The van der Waals surface area contributed by atoms with Gasteiger partial charge in [-0.15, -0.1) is 0 Å². The molecule has 0 heterocycles. The Balaban J connectivity index is 2.08. The van der Waals surface area contributed by atoms with Gasteiger partial charge in [-0.3, -0.25) is 4.79 Å². The van der Waals surface area contributed by atoms with Crippen molar-refractivity contribution in [2.24, 2.45) is 0 Å². The van der Waals surface area contributed by atoms with E-state index in [1.807, 2.05) is 30.3 Å². The van der Waals surface area contributed by atoms with Crippen LogP contribution in [0.1, 0.15) is 24.5 Å². The number of esters is 1. The van der Waals surface area contributed by atoms with Gasteiger partial charge < -0.3 is 14.6 Å². The Bertz CT molecular complexity index is 593. The Morgan fingerprint density at radius 2 is 1.81 bits per heavy atom. The van der Waals surface area contributed by atoms with E-state index < -0.39 is 0 Å². The van der Waals surface area contributed by atoms with E-state index in [2.05, 4.69) is 0 Å². The maximum Gasteiger partial charge on any atom is 0.305 e. The molecule has 21 heavy (non-hydrogen) atoms. The van der Waals surface area contributed by atoms with Gasteiger partial charge >= 0.3 is 5.97 Å². The predicted molar refractivity (Wildman–Crippen MR) is 79.0 cm³/mol. The molecule has 0 saturated carbocycles. The van der Waals surface area contributed by atoms with E-state index in [-0.39, 0.29) is 18.3 Å². The molecule has 110 valence electrons. The number of rotatable bonds is 6. The largest absolute Gasteiger partial charge is 0.507 e. The number of ether oxygens (including phenoxy) is 2. The number of aromatic hydroxyl groups is 1. The van der Waals surface area contributed by atoms with Crippen LogP contribution in [0.25, 0.3) is 0 Å². The van der Waals surface area contributed by atoms with Crippen molar-refractivity contribution in [3.8, 4) is 11.5 Å². The number of carbonyl (C=O) groups is 1. The van der Waals surface area contributed by atoms with Gasteiger partial charge in [-0.1, -0.05) is 43.3 Å². The molecule has 0 aliphatic heterocycles. The van der Waals surface area contributed by atoms with E-state index in [1.165, 1.54) is 0 Å². The maximum atomic E-state index is 11.2. The maximum absolute atomic E-state index is 11.2. The lowest BCUT2D eigenvalue weighted by molar-refractivity contribution is -0.144. The summed E-state index contributed by atoms with van der Waals surface area (Å²) in [6, 6.07) is 14.7. The number of hydrogen-bond acceptors (Lipinski definition) is 4. The molecule has 0 atom stereocenters. The number of carbonyl (C=O) groups excluding carboxylic acids is 1. The zero-order valence-electron chi connectivity index (χ0n) is 11.9. The Hall–Kier alpha value is -2.49. The van der Waals surface area contributed by atoms with Gasteiger partial charge in [0.15, 0.2) is 0 Å². The normalized spacial score (nSPS) is 10.1. The first-order valence-electron chi connectivity index (χ1n) is 6.84. The van der Waals surface area contributed by atoms with Gasteiger partial charge in [0.05, 0.1) is 5.56 Å².